The van der Waals surface area contributed by atoms with Gasteiger partial charge in [-0.1, -0.05) is 191 Å². The van der Waals surface area contributed by atoms with Gasteiger partial charge in [-0.25, -0.2) is 9.13 Å². The number of allylic oxidation sites excluding steroid dienone is 8. The van der Waals surface area contributed by atoms with Gasteiger partial charge in [-0.05, 0) is 77.0 Å². The van der Waals surface area contributed by atoms with Gasteiger partial charge in [0.05, 0.1) is 26.4 Å². The van der Waals surface area contributed by atoms with Gasteiger partial charge in [0.15, 0.2) is 6.10 Å². The molecule has 0 bridgehead atoms. The molecule has 0 aromatic rings. The van der Waals surface area contributed by atoms with Crippen molar-refractivity contribution in [3.8, 4) is 0 Å². The van der Waals surface area contributed by atoms with Crippen LogP contribution in [0.5, 0.6) is 0 Å². The number of rotatable bonds is 55. The van der Waals surface area contributed by atoms with Crippen LogP contribution in [0.1, 0.15) is 239 Å². The van der Waals surface area contributed by atoms with Crippen LogP contribution in [0.4, 0.5) is 0 Å². The number of carbonyl (C=O) groups is 3. The molecule has 5 unspecified atom stereocenters. The predicted octanol–water partition coefficient (Wildman–Crippen LogP) is 14.5. The van der Waals surface area contributed by atoms with Crippen LogP contribution in [0.15, 0.2) is 48.6 Å². The Morgan fingerprint density at radius 2 is 0.693 bits per heavy atom. The van der Waals surface area contributed by atoms with Crippen molar-refractivity contribution in [1.82, 2.24) is 0 Å². The summed E-state index contributed by atoms with van der Waals surface area (Å²) in [5.74, 6) is -1.60. The van der Waals surface area contributed by atoms with E-state index in [0.29, 0.717) is 19.3 Å². The molecule has 438 valence electrons. The number of phosphoric ester groups is 2. The molecular formula is C57H104O16P2. The van der Waals surface area contributed by atoms with Crippen LogP contribution in [0.25, 0.3) is 0 Å². The van der Waals surface area contributed by atoms with E-state index in [-0.39, 0.29) is 19.3 Å². The molecule has 0 heterocycles. The second kappa shape index (κ2) is 52.2. The Bertz CT molecular complexity index is 1590. The standard InChI is InChI=1S/C57H104O16P2/c1-4-7-10-13-16-19-22-24-25-27-30-31-34-37-40-43-55(60)67-46-52(58)47-69-74(63,64)70-48-53(59)49-71-75(65,66)72-51-54(73-57(62)45-42-39-36-33-28-21-18-15-12-9-6-3)50-68-56(61)44-41-38-35-32-29-26-23-20-17-14-11-8-5-2/h11,14,16,19-20,23-25,52-54,58-59H,4-10,12-13,15,17-18,21-22,26-51H2,1-3H3,(H,63,64)(H,65,66)/b14-11-,19-16-,23-20-,25-24-. The first-order valence-electron chi connectivity index (χ1n) is 28.9. The molecule has 0 spiro atoms. The number of hydrogen-bond donors (Lipinski definition) is 4. The Balaban J connectivity index is 4.67. The number of esters is 3. The molecule has 0 rings (SSSR count). The molecule has 4 N–H and O–H groups in total. The van der Waals surface area contributed by atoms with Crippen LogP contribution in [0, 0.1) is 0 Å². The van der Waals surface area contributed by atoms with Crippen LogP contribution in [0.2, 0.25) is 0 Å². The van der Waals surface area contributed by atoms with E-state index in [4.69, 9.17) is 32.3 Å². The summed E-state index contributed by atoms with van der Waals surface area (Å²) in [6.45, 7) is 2.51. The molecule has 0 aliphatic carbocycles. The largest absolute Gasteiger partial charge is 0.472 e. The highest BCUT2D eigenvalue weighted by atomic mass is 31.2. The molecule has 0 amide bonds. The Morgan fingerprint density at radius 3 is 1.12 bits per heavy atom. The van der Waals surface area contributed by atoms with Crippen molar-refractivity contribution < 1.29 is 75.8 Å². The zero-order chi connectivity index (χ0) is 55.4. The lowest BCUT2D eigenvalue weighted by Gasteiger charge is -2.21. The summed E-state index contributed by atoms with van der Waals surface area (Å²) in [5, 5.41) is 20.4. The topological polar surface area (TPSA) is 231 Å². The van der Waals surface area contributed by atoms with Gasteiger partial charge in [0.2, 0.25) is 0 Å². The molecule has 0 radical (unpaired) electrons. The molecule has 0 saturated heterocycles. The minimum absolute atomic E-state index is 0.106. The summed E-state index contributed by atoms with van der Waals surface area (Å²) >= 11 is 0. The zero-order valence-corrected chi connectivity index (χ0v) is 48.5. The molecule has 0 aliphatic rings. The lowest BCUT2D eigenvalue weighted by Crippen LogP contribution is -2.30. The molecule has 0 aromatic heterocycles. The third-order valence-corrected chi connectivity index (χ3v) is 13.9. The number of hydrogen-bond acceptors (Lipinski definition) is 14. The van der Waals surface area contributed by atoms with E-state index in [2.05, 4.69) is 69.4 Å². The van der Waals surface area contributed by atoms with Gasteiger partial charge < -0.3 is 34.2 Å². The second-order valence-electron chi connectivity index (χ2n) is 19.4. The van der Waals surface area contributed by atoms with Crippen molar-refractivity contribution >= 4 is 33.6 Å². The SMILES string of the molecule is CCC/C=C\C/C=C\CCCCCCCC(=O)OCC(COP(=O)(O)OCC(O)COP(=O)(O)OCC(O)COC(=O)CCCCCCC/C=C\C/C=C\CCCCC)OC(=O)CCCCCCCCCCCCC. The highest BCUT2D eigenvalue weighted by molar-refractivity contribution is 7.47. The van der Waals surface area contributed by atoms with Crippen LogP contribution < -0.4 is 0 Å². The van der Waals surface area contributed by atoms with E-state index in [1.54, 1.807) is 0 Å². The average molecular weight is 1110 g/mol. The molecule has 16 nitrogen and oxygen atoms in total. The summed E-state index contributed by atoms with van der Waals surface area (Å²) in [4.78, 5) is 57.9. The minimum Gasteiger partial charge on any atom is -0.463 e. The Hall–Kier alpha value is -2.49. The summed E-state index contributed by atoms with van der Waals surface area (Å²) in [6.07, 6.45) is 46.2. The number of aliphatic hydroxyl groups is 2. The van der Waals surface area contributed by atoms with Crippen molar-refractivity contribution in [1.29, 1.82) is 0 Å². The lowest BCUT2D eigenvalue weighted by molar-refractivity contribution is -0.161. The third kappa shape index (κ3) is 53.3. The number of carbonyl (C=O) groups excluding carboxylic acids is 3. The normalized spacial score (nSPS) is 14.9. The zero-order valence-electron chi connectivity index (χ0n) is 46.7. The van der Waals surface area contributed by atoms with Crippen molar-refractivity contribution in [3.63, 3.8) is 0 Å². The highest BCUT2D eigenvalue weighted by Gasteiger charge is 2.29. The first-order valence-corrected chi connectivity index (χ1v) is 31.9. The van der Waals surface area contributed by atoms with Crippen LogP contribution in [-0.4, -0.2) is 95.9 Å². The molecule has 75 heavy (non-hydrogen) atoms. The Morgan fingerprint density at radius 1 is 0.373 bits per heavy atom. The van der Waals surface area contributed by atoms with E-state index >= 15 is 0 Å². The van der Waals surface area contributed by atoms with Crippen molar-refractivity contribution in [2.75, 3.05) is 39.6 Å². The van der Waals surface area contributed by atoms with Gasteiger partial charge in [0, 0.05) is 19.3 Å². The molecule has 0 saturated carbocycles. The lowest BCUT2D eigenvalue weighted by atomic mass is 10.1. The maximum atomic E-state index is 12.8. The average Bonchev–Trinajstić information content (AvgIpc) is 3.38. The number of ether oxygens (including phenoxy) is 3. The summed E-state index contributed by atoms with van der Waals surface area (Å²) < 4.78 is 60.4. The fourth-order valence-corrected chi connectivity index (χ4v) is 9.10. The van der Waals surface area contributed by atoms with Crippen LogP contribution >= 0.6 is 15.6 Å². The Kier molecular flexibility index (Phi) is 50.5. The van der Waals surface area contributed by atoms with E-state index in [1.165, 1.54) is 57.8 Å². The highest BCUT2D eigenvalue weighted by Crippen LogP contribution is 2.45. The van der Waals surface area contributed by atoms with Gasteiger partial charge in [-0.15, -0.1) is 0 Å². The smallest absolute Gasteiger partial charge is 0.463 e. The summed E-state index contributed by atoms with van der Waals surface area (Å²) in [7, 11) is -9.74. The minimum atomic E-state index is -4.91. The Labute approximate surface area is 453 Å². The number of aliphatic hydroxyl groups excluding tert-OH is 2. The van der Waals surface area contributed by atoms with Gasteiger partial charge in [0.1, 0.15) is 25.4 Å². The van der Waals surface area contributed by atoms with E-state index in [1.807, 2.05) is 0 Å². The fourth-order valence-electron chi connectivity index (χ4n) is 7.52. The van der Waals surface area contributed by atoms with Crippen LogP contribution in [-0.2, 0) is 55.8 Å². The fraction of sp³-hybridized carbons (Fsp3) is 0.807. The quantitative estimate of drug-likeness (QED) is 0.0146. The van der Waals surface area contributed by atoms with Crippen molar-refractivity contribution in [2.45, 2.75) is 257 Å². The van der Waals surface area contributed by atoms with E-state index < -0.39 is 91.5 Å². The number of phosphoric acid groups is 2. The molecular weight excluding hydrogens is 1000 g/mol. The molecule has 0 fully saturated rings. The maximum absolute atomic E-state index is 12.8. The van der Waals surface area contributed by atoms with Gasteiger partial charge in [-0.3, -0.25) is 32.5 Å². The van der Waals surface area contributed by atoms with Crippen LogP contribution in [0.3, 0.4) is 0 Å². The predicted molar refractivity (Wildman–Crippen MR) is 298 cm³/mol. The molecule has 5 atom stereocenters. The monoisotopic (exact) mass is 1110 g/mol. The first-order chi connectivity index (χ1) is 36.2. The molecule has 18 heteroatoms. The van der Waals surface area contributed by atoms with Gasteiger partial charge >= 0.3 is 33.6 Å². The van der Waals surface area contributed by atoms with Gasteiger partial charge in [-0.2, -0.15) is 0 Å². The van der Waals surface area contributed by atoms with E-state index in [9.17, 15) is 43.5 Å². The third-order valence-electron chi connectivity index (χ3n) is 12.0. The van der Waals surface area contributed by atoms with Crippen molar-refractivity contribution in [3.05, 3.63) is 48.6 Å². The second-order valence-corrected chi connectivity index (χ2v) is 22.4. The van der Waals surface area contributed by atoms with Gasteiger partial charge in [0.25, 0.3) is 0 Å². The number of unbranched alkanes of at least 4 members (excludes halogenated alkanes) is 24. The summed E-state index contributed by atoms with van der Waals surface area (Å²) in [5.41, 5.74) is 0. The van der Waals surface area contributed by atoms with Crippen molar-refractivity contribution in [2.24, 2.45) is 0 Å². The molecule has 0 aromatic carbocycles. The first kappa shape index (κ1) is 72.5. The summed E-state index contributed by atoms with van der Waals surface area (Å²) in [6, 6.07) is 0. The maximum Gasteiger partial charge on any atom is 0.472 e. The molecule has 0 aliphatic heterocycles. The van der Waals surface area contributed by atoms with E-state index in [0.717, 1.165) is 122 Å².